The maximum absolute atomic E-state index is 14.0. The van der Waals surface area contributed by atoms with Crippen LogP contribution in [-0.2, 0) is 24.5 Å². The number of carbonyl (C=O) groups is 1. The van der Waals surface area contributed by atoms with E-state index in [9.17, 15) is 27.5 Å². The van der Waals surface area contributed by atoms with E-state index in [1.54, 1.807) is 35.5 Å². The van der Waals surface area contributed by atoms with Crippen LogP contribution in [-0.4, -0.2) is 106 Å². The van der Waals surface area contributed by atoms with E-state index in [1.165, 1.54) is 44.7 Å². The number of rotatable bonds is 14. The first-order chi connectivity index (χ1) is 33.9. The van der Waals surface area contributed by atoms with Crippen LogP contribution in [0.25, 0.3) is 11.0 Å². The lowest BCUT2D eigenvalue weighted by Crippen LogP contribution is -2.54. The summed E-state index contributed by atoms with van der Waals surface area (Å²) >= 11 is 0. The molecule has 7 heterocycles. The highest BCUT2D eigenvalue weighted by Crippen LogP contribution is 2.55. The first kappa shape index (κ1) is 46.7. The van der Waals surface area contributed by atoms with Crippen LogP contribution in [0.15, 0.2) is 88.5 Å². The molecule has 2 aliphatic carbocycles. The van der Waals surface area contributed by atoms with E-state index in [-0.39, 0.29) is 35.8 Å². The number of ether oxygens (including phenoxy) is 2. The third kappa shape index (κ3) is 9.86. The molecule has 19 heteroatoms. The minimum atomic E-state index is -4.66. The predicted octanol–water partition coefficient (Wildman–Crippen LogP) is 8.85. The first-order valence-corrected chi connectivity index (χ1v) is 28.4. The molecular weight excluding hydrogens is 931 g/mol. The number of aromatic nitrogens is 3. The predicted molar refractivity (Wildman–Crippen MR) is 268 cm³/mol. The smallest absolute Gasteiger partial charge is 0.312 e. The Kier molecular flexibility index (Phi) is 12.8. The molecule has 4 saturated heterocycles. The zero-order valence-electron chi connectivity index (χ0n) is 39.3. The fourth-order valence-corrected chi connectivity index (χ4v) is 15.1. The molecule has 6 aliphatic rings. The Morgan fingerprint density at radius 3 is 2.50 bits per heavy atom. The second-order valence-corrected chi connectivity index (χ2v) is 24.6. The summed E-state index contributed by atoms with van der Waals surface area (Å²) < 4.78 is 59.8. The van der Waals surface area contributed by atoms with Crippen molar-refractivity contribution in [2.75, 3.05) is 54.5 Å². The lowest BCUT2D eigenvalue weighted by Gasteiger charge is -2.56. The number of sulfonamides is 1. The van der Waals surface area contributed by atoms with Gasteiger partial charge in [-0.05, 0) is 130 Å². The van der Waals surface area contributed by atoms with E-state index in [0.29, 0.717) is 59.8 Å². The van der Waals surface area contributed by atoms with E-state index in [0.717, 1.165) is 81.0 Å². The highest BCUT2D eigenvalue weighted by Gasteiger charge is 2.50. The Hall–Kier alpha value is -5.63. The largest absolute Gasteiger partial charge is 0.455 e. The normalized spacial score (nSPS) is 23.7. The molecule has 0 bridgehead atoms. The molecule has 3 N–H and O–H groups in total. The van der Waals surface area contributed by atoms with Crippen molar-refractivity contribution in [2.24, 2.45) is 9.78 Å². The van der Waals surface area contributed by atoms with E-state index in [1.807, 2.05) is 12.1 Å². The van der Waals surface area contributed by atoms with Gasteiger partial charge in [0, 0.05) is 82.4 Å². The highest BCUT2D eigenvalue weighted by atomic mass is 32.2. The van der Waals surface area contributed by atoms with Gasteiger partial charge in [-0.3, -0.25) is 19.8 Å². The van der Waals surface area contributed by atoms with Gasteiger partial charge in [0.05, 0.1) is 41.6 Å². The molecule has 2 aromatic carbocycles. The van der Waals surface area contributed by atoms with E-state index in [2.05, 4.69) is 63.4 Å². The maximum Gasteiger partial charge on any atom is 0.312 e. The molecule has 370 valence electrons. The fourth-order valence-electron chi connectivity index (χ4n) is 11.7. The summed E-state index contributed by atoms with van der Waals surface area (Å²) in [6, 6.07) is 19.8. The van der Waals surface area contributed by atoms with Crippen molar-refractivity contribution in [3.8, 4) is 11.5 Å². The first-order valence-electron chi connectivity index (χ1n) is 25.0. The molecule has 17 nitrogen and oxygen atoms in total. The number of amides is 1. The SMILES string of the molecule is O=C(NS(=O)(=O)c1cnc(NCC2CC[C@@H](N=S3(=O)CCCCC3)CO2)c([N+](=O)[O-])c1)c1ccc(N2CCC3(CC2)CC(N2CCC[C@H]2c2ccccc2C2CC2)C3)cc1Oc1cnc2[nH]ccc2c1. The van der Waals surface area contributed by atoms with Crippen LogP contribution in [0, 0.1) is 15.5 Å². The van der Waals surface area contributed by atoms with Gasteiger partial charge in [0.2, 0.25) is 5.82 Å². The molecule has 5 aromatic rings. The minimum absolute atomic E-state index is 0.0472. The maximum atomic E-state index is 14.0. The van der Waals surface area contributed by atoms with Crippen molar-refractivity contribution in [3.05, 3.63) is 106 Å². The molecule has 3 atom stereocenters. The van der Waals surface area contributed by atoms with Crippen LogP contribution in [0.1, 0.15) is 117 Å². The van der Waals surface area contributed by atoms with Crippen molar-refractivity contribution < 1.29 is 31.8 Å². The monoisotopic (exact) mass is 991 g/mol. The van der Waals surface area contributed by atoms with Crippen molar-refractivity contribution in [1.82, 2.24) is 24.6 Å². The number of aromatic amines is 1. The third-order valence-corrected chi connectivity index (χ3v) is 19.5. The Morgan fingerprint density at radius 2 is 1.74 bits per heavy atom. The van der Waals surface area contributed by atoms with Crippen molar-refractivity contribution in [3.63, 3.8) is 0 Å². The molecule has 11 rings (SSSR count). The average molecular weight is 992 g/mol. The van der Waals surface area contributed by atoms with Crippen LogP contribution in [0.4, 0.5) is 17.2 Å². The van der Waals surface area contributed by atoms with Gasteiger partial charge >= 0.3 is 5.69 Å². The van der Waals surface area contributed by atoms with E-state index >= 15 is 0 Å². The van der Waals surface area contributed by atoms with Crippen molar-refractivity contribution in [2.45, 2.75) is 119 Å². The number of nitrogens with zero attached hydrogens (tertiary/aromatic N) is 6. The Morgan fingerprint density at radius 1 is 0.943 bits per heavy atom. The van der Waals surface area contributed by atoms with Gasteiger partial charge in [-0.25, -0.2) is 31.7 Å². The van der Waals surface area contributed by atoms with Gasteiger partial charge in [-0.1, -0.05) is 30.7 Å². The number of nitrogens with one attached hydrogen (secondary N) is 3. The van der Waals surface area contributed by atoms with Gasteiger partial charge in [0.1, 0.15) is 22.0 Å². The second-order valence-electron chi connectivity index (χ2n) is 20.4. The van der Waals surface area contributed by atoms with Gasteiger partial charge in [-0.15, -0.1) is 0 Å². The summed E-state index contributed by atoms with van der Waals surface area (Å²) in [4.78, 5) is 41.8. The summed E-state index contributed by atoms with van der Waals surface area (Å²) in [5.41, 5.74) is 4.31. The highest BCUT2D eigenvalue weighted by molar-refractivity contribution is 7.93. The van der Waals surface area contributed by atoms with Crippen LogP contribution in [0.3, 0.4) is 0 Å². The zero-order valence-corrected chi connectivity index (χ0v) is 40.9. The van der Waals surface area contributed by atoms with Gasteiger partial charge < -0.3 is 24.7 Å². The molecular formula is C51H61N9O8S2. The zero-order chi connectivity index (χ0) is 48.0. The number of nitro groups is 1. The lowest BCUT2D eigenvalue weighted by atomic mass is 9.59. The van der Waals surface area contributed by atoms with Gasteiger partial charge in [-0.2, -0.15) is 0 Å². The number of H-pyrrole nitrogens is 1. The number of hydrogen-bond acceptors (Lipinski definition) is 14. The van der Waals surface area contributed by atoms with Gasteiger partial charge in [0.15, 0.2) is 0 Å². The number of carbonyl (C=O) groups excluding carboxylic acids is 1. The van der Waals surface area contributed by atoms with Crippen LogP contribution >= 0.6 is 0 Å². The number of piperidine rings is 1. The standard InChI is InChI=1S/C51H61N9O8S2/c61-50(57-70(65,66)41-27-46(60(62)63)49(55-32-41)54-30-39-14-12-36(33-67-39)56-69(64)23-4-1-5-24-69)44-15-13-37(26-47(44)68-40-25-35-16-19-52-48(35)53-31-40)58-21-17-51(18-22-58)28-38(29-51)59-20-6-9-45(59)43-8-3-2-7-42(43)34-10-11-34/h2-3,7-8,13,15-16,19,25-27,31-32,34,36,38-39,45H,1,4-6,9-12,14,17-18,20-24,28-30,33H2,(H,52,53)(H,54,55)(H,57,61)/t36-,39?,45+/m1/s1. The molecule has 1 amide bonds. The van der Waals surface area contributed by atoms with E-state index < -0.39 is 41.2 Å². The molecule has 1 unspecified atom stereocenters. The van der Waals surface area contributed by atoms with Crippen molar-refractivity contribution in [1.29, 1.82) is 0 Å². The Labute approximate surface area is 408 Å². The molecule has 6 fully saturated rings. The summed E-state index contributed by atoms with van der Waals surface area (Å²) in [6.45, 7) is 3.32. The number of anilines is 2. The number of likely N-dealkylation sites (tertiary alicyclic amines) is 1. The summed E-state index contributed by atoms with van der Waals surface area (Å²) in [7, 11) is -6.86. The molecule has 4 aliphatic heterocycles. The Balaban J connectivity index is 0.755. The fraction of sp³-hybridized carbons (Fsp3) is 0.510. The quantitative estimate of drug-likeness (QED) is 0.0701. The van der Waals surface area contributed by atoms with Crippen LogP contribution in [0.5, 0.6) is 11.5 Å². The Bertz CT molecular complexity index is 3010. The lowest BCUT2D eigenvalue weighted by molar-refractivity contribution is -0.384. The van der Waals surface area contributed by atoms with Gasteiger partial charge in [0.25, 0.3) is 15.9 Å². The summed E-state index contributed by atoms with van der Waals surface area (Å²) in [6.07, 6.45) is 17.8. The van der Waals surface area contributed by atoms with Crippen LogP contribution in [0.2, 0.25) is 0 Å². The molecule has 70 heavy (non-hydrogen) atoms. The topological polar surface area (TPSA) is 214 Å². The molecule has 1 spiro atoms. The molecule has 2 saturated carbocycles. The minimum Gasteiger partial charge on any atom is -0.455 e. The number of fused-ring (bicyclic) bond motifs is 1. The summed E-state index contributed by atoms with van der Waals surface area (Å²) in [5, 5.41) is 16.0. The van der Waals surface area contributed by atoms with Crippen molar-refractivity contribution >= 4 is 53.9 Å². The third-order valence-electron chi connectivity index (χ3n) is 15.7. The van der Waals surface area contributed by atoms with E-state index in [4.69, 9.17) is 9.47 Å². The number of hydrogen-bond donors (Lipinski definition) is 3. The molecule has 3 aromatic heterocycles. The number of pyridine rings is 2. The number of benzene rings is 2. The summed E-state index contributed by atoms with van der Waals surface area (Å²) in [5.74, 6) is 1.36. The van der Waals surface area contributed by atoms with Crippen LogP contribution < -0.4 is 19.7 Å². The average Bonchev–Trinajstić information content (AvgIpc) is 3.90. The molecule has 0 radical (unpaired) electrons. The second kappa shape index (κ2) is 19.2.